The molecule has 1 aliphatic rings. The number of nitrogens with one attached hydrogen (secondary N) is 1. The molecule has 1 fully saturated rings. The van der Waals surface area contributed by atoms with Gasteiger partial charge in [0.05, 0.1) is 0 Å². The number of hydrogen-bond acceptors (Lipinski definition) is 5. The second-order valence-electron chi connectivity index (χ2n) is 5.21. The van der Waals surface area contributed by atoms with E-state index in [0.717, 1.165) is 28.9 Å². The summed E-state index contributed by atoms with van der Waals surface area (Å²) >= 11 is 1.99. The average molecular weight is 280 g/mol. The topological polar surface area (TPSA) is 63.8 Å². The number of aromatic nitrogens is 2. The molecular weight excluding hydrogens is 256 g/mol. The molecular formula is C14H24N4S. The Labute approximate surface area is 120 Å². The molecule has 0 atom stereocenters. The number of rotatable bonds is 4. The van der Waals surface area contributed by atoms with E-state index < -0.39 is 0 Å². The minimum absolute atomic E-state index is 0.529. The van der Waals surface area contributed by atoms with Crippen LogP contribution in [0.4, 0.5) is 11.6 Å². The first-order chi connectivity index (χ1) is 9.13. The lowest BCUT2D eigenvalue weighted by Crippen LogP contribution is -2.28. The van der Waals surface area contributed by atoms with Gasteiger partial charge in [-0.05, 0) is 38.9 Å². The van der Waals surface area contributed by atoms with Gasteiger partial charge in [0.1, 0.15) is 17.5 Å². The Hall–Kier alpha value is -0.970. The van der Waals surface area contributed by atoms with Crippen LogP contribution in [0.25, 0.3) is 0 Å². The van der Waals surface area contributed by atoms with Gasteiger partial charge in [-0.25, -0.2) is 9.97 Å². The van der Waals surface area contributed by atoms with Crippen LogP contribution >= 0.6 is 11.8 Å². The number of nitrogens with two attached hydrogens (primary N) is 1. The van der Waals surface area contributed by atoms with Crippen molar-refractivity contribution in [3.63, 3.8) is 0 Å². The maximum absolute atomic E-state index is 5.95. The fourth-order valence-corrected chi connectivity index (χ4v) is 3.26. The van der Waals surface area contributed by atoms with Gasteiger partial charge in [-0.3, -0.25) is 0 Å². The summed E-state index contributed by atoms with van der Waals surface area (Å²) < 4.78 is 0. The van der Waals surface area contributed by atoms with Crippen LogP contribution in [0.5, 0.6) is 0 Å². The first-order valence-corrected chi connectivity index (χ1v) is 8.35. The van der Waals surface area contributed by atoms with Gasteiger partial charge in [0.25, 0.3) is 0 Å². The molecule has 4 nitrogen and oxygen atoms in total. The third kappa shape index (κ3) is 3.53. The molecule has 1 aromatic heterocycles. The van der Waals surface area contributed by atoms with Crippen molar-refractivity contribution in [1.29, 1.82) is 0 Å². The second kappa shape index (κ2) is 6.46. The molecule has 1 aromatic rings. The Morgan fingerprint density at radius 1 is 1.26 bits per heavy atom. The first-order valence-electron chi connectivity index (χ1n) is 7.06. The van der Waals surface area contributed by atoms with Crippen molar-refractivity contribution in [2.24, 2.45) is 0 Å². The van der Waals surface area contributed by atoms with Crippen LogP contribution in [0.3, 0.4) is 0 Å². The highest BCUT2D eigenvalue weighted by molar-refractivity contribution is 7.99. The van der Waals surface area contributed by atoms with E-state index >= 15 is 0 Å². The van der Waals surface area contributed by atoms with Gasteiger partial charge in [0.2, 0.25) is 0 Å². The van der Waals surface area contributed by atoms with Crippen molar-refractivity contribution in [2.45, 2.75) is 57.2 Å². The number of thioether (sulfide) groups is 1. The van der Waals surface area contributed by atoms with E-state index in [1.54, 1.807) is 0 Å². The number of anilines is 2. The minimum Gasteiger partial charge on any atom is -0.383 e. The lowest BCUT2D eigenvalue weighted by molar-refractivity contribution is 0.472. The van der Waals surface area contributed by atoms with E-state index in [2.05, 4.69) is 28.5 Å². The molecule has 0 aliphatic heterocycles. The molecule has 1 heterocycles. The van der Waals surface area contributed by atoms with Crippen LogP contribution in [-0.2, 0) is 6.42 Å². The van der Waals surface area contributed by atoms with Crippen molar-refractivity contribution in [2.75, 3.05) is 17.3 Å². The van der Waals surface area contributed by atoms with Crippen molar-refractivity contribution >= 4 is 23.4 Å². The normalized spacial score (nSPS) is 23.3. The highest BCUT2D eigenvalue weighted by atomic mass is 32.2. The lowest BCUT2D eigenvalue weighted by Gasteiger charge is -2.29. The molecule has 1 saturated carbocycles. The zero-order valence-electron chi connectivity index (χ0n) is 12.1. The summed E-state index contributed by atoms with van der Waals surface area (Å²) in [4.78, 5) is 8.87. The third-order valence-corrected chi connectivity index (χ3v) is 5.03. The summed E-state index contributed by atoms with van der Waals surface area (Å²) in [7, 11) is 0. The summed E-state index contributed by atoms with van der Waals surface area (Å²) in [5.74, 6) is 2.35. The number of hydrogen-bond donors (Lipinski definition) is 2. The fraction of sp³-hybridized carbons (Fsp3) is 0.714. The zero-order chi connectivity index (χ0) is 13.8. The van der Waals surface area contributed by atoms with Crippen LogP contribution in [0.15, 0.2) is 0 Å². The van der Waals surface area contributed by atoms with Crippen LogP contribution < -0.4 is 11.1 Å². The van der Waals surface area contributed by atoms with Crippen LogP contribution in [0.2, 0.25) is 0 Å². The van der Waals surface area contributed by atoms with Gasteiger partial charge in [-0.1, -0.05) is 6.92 Å². The number of aryl methyl sites for hydroxylation is 1. The molecule has 5 heteroatoms. The summed E-state index contributed by atoms with van der Waals surface area (Å²) in [5.41, 5.74) is 6.93. The molecule has 0 bridgehead atoms. The van der Waals surface area contributed by atoms with Crippen molar-refractivity contribution in [3.05, 3.63) is 11.4 Å². The molecule has 0 radical (unpaired) electrons. The van der Waals surface area contributed by atoms with Gasteiger partial charge >= 0.3 is 0 Å². The minimum atomic E-state index is 0.529. The molecule has 0 spiro atoms. The Kier molecular flexibility index (Phi) is 4.91. The highest BCUT2D eigenvalue weighted by Gasteiger charge is 2.21. The number of nitrogen functional groups attached to an aromatic ring is 1. The van der Waals surface area contributed by atoms with Gasteiger partial charge in [0, 0.05) is 23.3 Å². The summed E-state index contributed by atoms with van der Waals surface area (Å²) in [5, 5.41) is 4.40. The van der Waals surface area contributed by atoms with E-state index in [4.69, 9.17) is 5.73 Å². The smallest absolute Gasteiger partial charge is 0.134 e. The van der Waals surface area contributed by atoms with Gasteiger partial charge < -0.3 is 11.1 Å². The van der Waals surface area contributed by atoms with Crippen molar-refractivity contribution in [1.82, 2.24) is 9.97 Å². The molecule has 3 N–H and O–H groups in total. The largest absolute Gasteiger partial charge is 0.383 e. The Morgan fingerprint density at radius 3 is 2.53 bits per heavy atom. The molecule has 0 saturated heterocycles. The summed E-state index contributed by atoms with van der Waals surface area (Å²) in [6, 6.07) is 0.529. The average Bonchev–Trinajstić information content (AvgIpc) is 2.44. The molecule has 106 valence electrons. The van der Waals surface area contributed by atoms with Gasteiger partial charge in [-0.2, -0.15) is 11.8 Å². The Balaban J connectivity index is 2.05. The monoisotopic (exact) mass is 280 g/mol. The van der Waals surface area contributed by atoms with Gasteiger partial charge in [-0.15, -0.1) is 0 Å². The Bertz CT molecular complexity index is 428. The highest BCUT2D eigenvalue weighted by Crippen LogP contribution is 2.29. The maximum Gasteiger partial charge on any atom is 0.134 e. The maximum atomic E-state index is 5.95. The molecule has 0 unspecified atom stereocenters. The first kappa shape index (κ1) is 14.4. The fourth-order valence-electron chi connectivity index (χ4n) is 2.52. The second-order valence-corrected chi connectivity index (χ2v) is 6.34. The van der Waals surface area contributed by atoms with E-state index in [1.807, 2.05) is 18.7 Å². The molecule has 2 rings (SSSR count). The van der Waals surface area contributed by atoms with E-state index in [-0.39, 0.29) is 0 Å². The van der Waals surface area contributed by atoms with Gasteiger partial charge in [0.15, 0.2) is 0 Å². The van der Waals surface area contributed by atoms with E-state index in [9.17, 15) is 0 Å². The quantitative estimate of drug-likeness (QED) is 0.887. The van der Waals surface area contributed by atoms with Crippen molar-refractivity contribution < 1.29 is 0 Å². The predicted octanol–water partition coefficient (Wildman–Crippen LogP) is 3.02. The summed E-state index contributed by atoms with van der Waals surface area (Å²) in [6.45, 7) is 4.04. The standard InChI is InChI=1S/C14H24N4S/c1-4-12-17-13(15)9(2)14(18-12)16-10-5-7-11(19-3)8-6-10/h10-11H,4-8H2,1-3H3,(H3,15,16,17,18). The van der Waals surface area contributed by atoms with Crippen LogP contribution in [0.1, 0.15) is 44.0 Å². The molecule has 0 aromatic carbocycles. The van der Waals surface area contributed by atoms with Crippen LogP contribution in [0, 0.1) is 6.92 Å². The lowest BCUT2D eigenvalue weighted by atomic mass is 9.95. The number of nitrogens with zero attached hydrogens (tertiary/aromatic N) is 2. The zero-order valence-corrected chi connectivity index (χ0v) is 12.9. The molecule has 0 amide bonds. The van der Waals surface area contributed by atoms with Crippen molar-refractivity contribution in [3.8, 4) is 0 Å². The SMILES string of the molecule is CCc1nc(N)c(C)c(NC2CCC(SC)CC2)n1. The third-order valence-electron chi connectivity index (χ3n) is 3.89. The predicted molar refractivity (Wildman–Crippen MR) is 83.7 cm³/mol. The molecule has 19 heavy (non-hydrogen) atoms. The van der Waals surface area contributed by atoms with E-state index in [0.29, 0.717) is 11.9 Å². The molecule has 1 aliphatic carbocycles. The summed E-state index contributed by atoms with van der Waals surface area (Å²) in [6.07, 6.45) is 8.05. The van der Waals surface area contributed by atoms with Crippen LogP contribution in [-0.4, -0.2) is 27.5 Å². The van der Waals surface area contributed by atoms with E-state index in [1.165, 1.54) is 25.7 Å². The Morgan fingerprint density at radius 2 is 1.95 bits per heavy atom.